The number of hydrogen-bond donors (Lipinski definition) is 1. The van der Waals surface area contributed by atoms with Crippen LogP contribution in [0.4, 0.5) is 5.13 Å². The fourth-order valence-electron chi connectivity index (χ4n) is 3.73. The summed E-state index contributed by atoms with van der Waals surface area (Å²) in [5.41, 5.74) is 2.26. The van der Waals surface area contributed by atoms with Crippen LogP contribution in [-0.2, 0) is 14.3 Å². The van der Waals surface area contributed by atoms with Crippen molar-refractivity contribution in [2.75, 3.05) is 11.5 Å². The molecule has 1 unspecified atom stereocenters. The van der Waals surface area contributed by atoms with Crippen LogP contribution in [0.5, 0.6) is 0 Å². The number of ether oxygens (including phenoxy) is 1. The molecule has 0 radical (unpaired) electrons. The van der Waals surface area contributed by atoms with Crippen LogP contribution < -0.4 is 4.90 Å². The van der Waals surface area contributed by atoms with Crippen molar-refractivity contribution in [1.82, 2.24) is 4.98 Å². The standard InChI is InChI=1S/C25H21ClN2O5S/c1-4-33-24(32)22-14(3)27-25(34-22)28-19(15-9-11-17(26)12-10-15)18(21(30)23(28)31)20(29)16-7-5-13(2)6-8-16/h5-12,19,29H,4H2,1-3H3. The molecule has 174 valence electrons. The second-order valence-electron chi connectivity index (χ2n) is 7.72. The van der Waals surface area contributed by atoms with Crippen molar-refractivity contribution >= 4 is 51.5 Å². The SMILES string of the molecule is CCOC(=O)c1sc(N2C(=O)C(=O)C(=C(O)c3ccc(C)cc3)C2c2ccc(Cl)cc2)nc1C. The first-order valence-electron chi connectivity index (χ1n) is 10.5. The molecule has 0 bridgehead atoms. The summed E-state index contributed by atoms with van der Waals surface area (Å²) in [6, 6.07) is 12.7. The summed E-state index contributed by atoms with van der Waals surface area (Å²) in [5.74, 6) is -2.54. The number of carbonyl (C=O) groups excluding carboxylic acids is 3. The summed E-state index contributed by atoms with van der Waals surface area (Å²) in [6.45, 7) is 5.42. The molecule has 0 spiro atoms. The van der Waals surface area contributed by atoms with Crippen molar-refractivity contribution in [2.24, 2.45) is 0 Å². The minimum atomic E-state index is -0.959. The minimum absolute atomic E-state index is 0.0679. The molecule has 9 heteroatoms. The van der Waals surface area contributed by atoms with Crippen LogP contribution in [0.25, 0.3) is 5.76 Å². The van der Waals surface area contributed by atoms with E-state index in [-0.39, 0.29) is 27.9 Å². The molecule has 34 heavy (non-hydrogen) atoms. The van der Waals surface area contributed by atoms with Gasteiger partial charge in [0.2, 0.25) is 0 Å². The number of hydrogen-bond acceptors (Lipinski definition) is 7. The van der Waals surface area contributed by atoms with Crippen LogP contribution in [0.3, 0.4) is 0 Å². The summed E-state index contributed by atoms with van der Waals surface area (Å²) >= 11 is 7.02. The number of ketones is 1. The van der Waals surface area contributed by atoms with Gasteiger partial charge in [-0.15, -0.1) is 0 Å². The number of amides is 1. The van der Waals surface area contributed by atoms with E-state index in [1.54, 1.807) is 62.4 Å². The third-order valence-electron chi connectivity index (χ3n) is 5.41. The molecule has 1 aliphatic rings. The number of halogens is 1. The van der Waals surface area contributed by atoms with Crippen LogP contribution in [0.15, 0.2) is 54.1 Å². The van der Waals surface area contributed by atoms with Gasteiger partial charge < -0.3 is 9.84 Å². The summed E-state index contributed by atoms with van der Waals surface area (Å²) in [4.78, 5) is 44.6. The molecule has 1 aliphatic heterocycles. The molecule has 3 aromatic rings. The maximum absolute atomic E-state index is 13.2. The van der Waals surface area contributed by atoms with Crippen LogP contribution in [0.2, 0.25) is 5.02 Å². The molecule has 1 fully saturated rings. The highest BCUT2D eigenvalue weighted by Crippen LogP contribution is 2.44. The molecule has 1 aromatic heterocycles. The Morgan fingerprint density at radius 2 is 1.76 bits per heavy atom. The van der Waals surface area contributed by atoms with E-state index in [2.05, 4.69) is 4.98 Å². The number of benzene rings is 2. The van der Waals surface area contributed by atoms with Gasteiger partial charge >= 0.3 is 11.9 Å². The molecule has 1 N–H and O–H groups in total. The van der Waals surface area contributed by atoms with Gasteiger partial charge in [-0.05, 0) is 38.5 Å². The van der Waals surface area contributed by atoms with Crippen LogP contribution in [0.1, 0.15) is 45.0 Å². The Bertz CT molecular complexity index is 1310. The first-order chi connectivity index (χ1) is 16.2. The average Bonchev–Trinajstić information content (AvgIpc) is 3.31. The number of anilines is 1. The topological polar surface area (TPSA) is 96.8 Å². The van der Waals surface area contributed by atoms with E-state index in [0.29, 0.717) is 21.8 Å². The van der Waals surface area contributed by atoms with Crippen molar-refractivity contribution < 1.29 is 24.2 Å². The van der Waals surface area contributed by atoms with Crippen LogP contribution in [0, 0.1) is 13.8 Å². The number of nitrogens with zero attached hydrogens (tertiary/aromatic N) is 2. The Balaban J connectivity index is 1.90. The Kier molecular flexibility index (Phi) is 6.54. The normalized spacial score (nSPS) is 17.3. The monoisotopic (exact) mass is 496 g/mol. The van der Waals surface area contributed by atoms with Gasteiger partial charge in [0.05, 0.1) is 23.9 Å². The molecule has 1 atom stereocenters. The molecule has 2 aromatic carbocycles. The fourth-order valence-corrected chi connectivity index (χ4v) is 4.84. The first kappa shape index (κ1) is 23.7. The van der Waals surface area contributed by atoms with E-state index in [1.165, 1.54) is 4.90 Å². The van der Waals surface area contributed by atoms with Gasteiger partial charge in [0, 0.05) is 10.6 Å². The number of Topliss-reactive ketones (excluding diaryl/α,β-unsaturated/α-hetero) is 1. The quantitative estimate of drug-likeness (QED) is 0.225. The van der Waals surface area contributed by atoms with E-state index in [1.807, 2.05) is 6.92 Å². The molecule has 7 nitrogen and oxygen atoms in total. The number of carbonyl (C=O) groups is 3. The molecule has 1 amide bonds. The van der Waals surface area contributed by atoms with Crippen molar-refractivity contribution in [1.29, 1.82) is 0 Å². The third kappa shape index (κ3) is 4.22. The molecule has 2 heterocycles. The van der Waals surface area contributed by atoms with Gasteiger partial charge in [-0.3, -0.25) is 14.5 Å². The summed E-state index contributed by atoms with van der Waals surface area (Å²) < 4.78 is 5.08. The van der Waals surface area contributed by atoms with Gasteiger partial charge in [-0.2, -0.15) is 0 Å². The van der Waals surface area contributed by atoms with Crippen LogP contribution >= 0.6 is 22.9 Å². The van der Waals surface area contributed by atoms with E-state index >= 15 is 0 Å². The Hall–Kier alpha value is -3.49. The second-order valence-corrected chi connectivity index (χ2v) is 9.13. The Morgan fingerprint density at radius 1 is 1.12 bits per heavy atom. The van der Waals surface area contributed by atoms with Crippen molar-refractivity contribution in [3.63, 3.8) is 0 Å². The number of thiazole rings is 1. The van der Waals surface area contributed by atoms with Gasteiger partial charge in [0.15, 0.2) is 5.13 Å². The maximum atomic E-state index is 13.2. The lowest BCUT2D eigenvalue weighted by atomic mass is 9.95. The van der Waals surface area contributed by atoms with E-state index in [0.717, 1.165) is 16.9 Å². The van der Waals surface area contributed by atoms with Crippen molar-refractivity contribution in [3.05, 3.63) is 86.4 Å². The Labute approximate surface area is 205 Å². The molecule has 0 saturated carbocycles. The highest BCUT2D eigenvalue weighted by molar-refractivity contribution is 7.17. The molecular weight excluding hydrogens is 476 g/mol. The smallest absolute Gasteiger partial charge is 0.350 e. The van der Waals surface area contributed by atoms with E-state index in [9.17, 15) is 19.5 Å². The zero-order valence-electron chi connectivity index (χ0n) is 18.7. The van der Waals surface area contributed by atoms with Gasteiger partial charge in [0.1, 0.15) is 10.6 Å². The largest absolute Gasteiger partial charge is 0.507 e. The summed E-state index contributed by atoms with van der Waals surface area (Å²) in [5, 5.41) is 11.8. The third-order valence-corrected chi connectivity index (χ3v) is 6.80. The predicted octanol–water partition coefficient (Wildman–Crippen LogP) is 5.22. The second kappa shape index (κ2) is 9.40. The number of rotatable bonds is 5. The molecule has 4 rings (SSSR count). The van der Waals surface area contributed by atoms with Crippen LogP contribution in [-0.4, -0.2) is 34.4 Å². The highest BCUT2D eigenvalue weighted by atomic mass is 35.5. The van der Waals surface area contributed by atoms with Gasteiger partial charge in [-0.1, -0.05) is 64.9 Å². The first-order valence-corrected chi connectivity index (χ1v) is 11.7. The highest BCUT2D eigenvalue weighted by Gasteiger charge is 2.48. The lowest BCUT2D eigenvalue weighted by Gasteiger charge is -2.23. The molecule has 1 saturated heterocycles. The van der Waals surface area contributed by atoms with Crippen molar-refractivity contribution in [3.8, 4) is 0 Å². The van der Waals surface area contributed by atoms with E-state index in [4.69, 9.17) is 16.3 Å². The Morgan fingerprint density at radius 3 is 2.38 bits per heavy atom. The number of aromatic nitrogens is 1. The van der Waals surface area contributed by atoms with Crippen molar-refractivity contribution in [2.45, 2.75) is 26.8 Å². The van der Waals surface area contributed by atoms with Gasteiger partial charge in [0.25, 0.3) is 5.78 Å². The maximum Gasteiger partial charge on any atom is 0.350 e. The fraction of sp³-hybridized carbons (Fsp3) is 0.200. The zero-order chi connectivity index (χ0) is 24.6. The minimum Gasteiger partial charge on any atom is -0.507 e. The summed E-state index contributed by atoms with van der Waals surface area (Å²) in [7, 11) is 0. The zero-order valence-corrected chi connectivity index (χ0v) is 20.2. The summed E-state index contributed by atoms with van der Waals surface area (Å²) in [6.07, 6.45) is 0. The number of aliphatic hydroxyl groups excluding tert-OH is 1. The lowest BCUT2D eigenvalue weighted by Crippen LogP contribution is -2.29. The van der Waals surface area contributed by atoms with Gasteiger partial charge in [-0.25, -0.2) is 9.78 Å². The predicted molar refractivity (Wildman–Crippen MR) is 130 cm³/mol. The molecule has 0 aliphatic carbocycles. The number of esters is 1. The number of aryl methyl sites for hydroxylation is 2. The van der Waals surface area contributed by atoms with E-state index < -0.39 is 23.7 Å². The molecular formula is C25H21ClN2O5S. The number of aliphatic hydroxyl groups is 1. The lowest BCUT2D eigenvalue weighted by molar-refractivity contribution is -0.132. The average molecular weight is 497 g/mol.